The minimum Gasteiger partial charge on any atom is -0.478 e. The van der Waals surface area contributed by atoms with Crippen LogP contribution in [0.3, 0.4) is 0 Å². The lowest BCUT2D eigenvalue weighted by atomic mass is 9.90. The summed E-state index contributed by atoms with van der Waals surface area (Å²) in [7, 11) is 0. The fourth-order valence-electron chi connectivity index (χ4n) is 3.18. The highest BCUT2D eigenvalue weighted by Gasteiger charge is 2.35. The van der Waals surface area contributed by atoms with Crippen LogP contribution < -0.4 is 10.6 Å². The second kappa shape index (κ2) is 5.28. The maximum Gasteiger partial charge on any atom is 0.337 e. The van der Waals surface area contributed by atoms with Gasteiger partial charge in [0.05, 0.1) is 36.2 Å². The molecule has 3 N–H and O–H groups in total. The molecule has 2 aliphatic rings. The molecule has 0 aromatic carbocycles. The molecule has 2 fully saturated rings. The third kappa shape index (κ3) is 2.31. The third-order valence-corrected chi connectivity index (χ3v) is 4.18. The number of nitrogens with zero attached hydrogens (tertiary/aromatic N) is 2. The normalized spacial score (nSPS) is 26.1. The Morgan fingerprint density at radius 2 is 2.25 bits per heavy atom. The number of nitrogen functional groups attached to an aromatic ring is 1. The Balaban J connectivity index is 1.91. The van der Waals surface area contributed by atoms with Crippen molar-refractivity contribution in [3.63, 3.8) is 0 Å². The predicted molar refractivity (Wildman–Crippen MR) is 75.0 cm³/mol. The summed E-state index contributed by atoms with van der Waals surface area (Å²) in [5.74, 6) is -0.323. The highest BCUT2D eigenvalue weighted by atomic mass is 16.5. The molecule has 0 bridgehead atoms. The molecule has 6 nitrogen and oxygen atoms in total. The molecule has 1 aromatic rings. The fraction of sp³-hybridized carbons (Fsp3) is 0.571. The van der Waals surface area contributed by atoms with Crippen molar-refractivity contribution in [1.29, 1.82) is 0 Å². The zero-order valence-electron chi connectivity index (χ0n) is 11.3. The summed E-state index contributed by atoms with van der Waals surface area (Å²) in [6, 6.07) is 1.88. The van der Waals surface area contributed by atoms with Gasteiger partial charge in [-0.15, -0.1) is 0 Å². The third-order valence-electron chi connectivity index (χ3n) is 4.18. The summed E-state index contributed by atoms with van der Waals surface area (Å²) in [5.41, 5.74) is 5.99. The van der Waals surface area contributed by atoms with Crippen LogP contribution in [0.15, 0.2) is 12.3 Å². The lowest BCUT2D eigenvalue weighted by Gasteiger charge is -2.44. The van der Waals surface area contributed by atoms with Crippen LogP contribution in [0, 0.1) is 0 Å². The summed E-state index contributed by atoms with van der Waals surface area (Å²) in [6.07, 6.45) is 6.20. The lowest BCUT2D eigenvalue weighted by molar-refractivity contribution is -0.00898. The van der Waals surface area contributed by atoms with Crippen molar-refractivity contribution >= 4 is 17.5 Å². The molecular formula is C14H19N3O3. The number of morpholine rings is 1. The fourth-order valence-corrected chi connectivity index (χ4v) is 3.18. The Bertz CT molecular complexity index is 518. The van der Waals surface area contributed by atoms with E-state index in [0.29, 0.717) is 18.5 Å². The van der Waals surface area contributed by atoms with E-state index in [1.165, 1.54) is 19.0 Å². The van der Waals surface area contributed by atoms with Crippen LogP contribution in [-0.4, -0.2) is 41.4 Å². The van der Waals surface area contributed by atoms with E-state index in [9.17, 15) is 4.79 Å². The van der Waals surface area contributed by atoms with Gasteiger partial charge in [0.15, 0.2) is 0 Å². The second-order valence-corrected chi connectivity index (χ2v) is 5.39. The first-order chi connectivity index (χ1) is 9.66. The van der Waals surface area contributed by atoms with Gasteiger partial charge in [0.1, 0.15) is 5.82 Å². The van der Waals surface area contributed by atoms with E-state index in [1.807, 2.05) is 0 Å². The summed E-state index contributed by atoms with van der Waals surface area (Å²) in [6.45, 7) is 1.41. The van der Waals surface area contributed by atoms with Crippen LogP contribution in [0.5, 0.6) is 0 Å². The minimum atomic E-state index is -1.01. The van der Waals surface area contributed by atoms with E-state index < -0.39 is 5.97 Å². The van der Waals surface area contributed by atoms with E-state index in [1.54, 1.807) is 6.07 Å². The number of aromatic carboxylic acids is 1. The van der Waals surface area contributed by atoms with Crippen molar-refractivity contribution < 1.29 is 14.6 Å². The summed E-state index contributed by atoms with van der Waals surface area (Å²) < 4.78 is 5.82. The quantitative estimate of drug-likeness (QED) is 0.851. The molecule has 3 rings (SSSR count). The molecular weight excluding hydrogens is 258 g/mol. The van der Waals surface area contributed by atoms with Crippen molar-refractivity contribution in [3.8, 4) is 0 Å². The van der Waals surface area contributed by atoms with E-state index in [2.05, 4.69) is 9.88 Å². The predicted octanol–water partition coefficient (Wildman–Crippen LogP) is 1.51. The van der Waals surface area contributed by atoms with Gasteiger partial charge in [-0.2, -0.15) is 0 Å². The van der Waals surface area contributed by atoms with E-state index >= 15 is 0 Å². The van der Waals surface area contributed by atoms with Gasteiger partial charge in [0, 0.05) is 6.54 Å². The largest absolute Gasteiger partial charge is 0.478 e. The van der Waals surface area contributed by atoms with Crippen molar-refractivity contribution in [1.82, 2.24) is 4.98 Å². The lowest BCUT2D eigenvalue weighted by Crippen LogP contribution is -2.53. The van der Waals surface area contributed by atoms with Crippen molar-refractivity contribution in [2.75, 3.05) is 23.8 Å². The van der Waals surface area contributed by atoms with Crippen molar-refractivity contribution in [3.05, 3.63) is 17.8 Å². The van der Waals surface area contributed by atoms with E-state index in [4.69, 9.17) is 15.6 Å². The van der Waals surface area contributed by atoms with Crippen LogP contribution in [0.2, 0.25) is 0 Å². The van der Waals surface area contributed by atoms with Crippen LogP contribution in [0.4, 0.5) is 11.5 Å². The number of anilines is 2. The Labute approximate surface area is 117 Å². The Morgan fingerprint density at radius 3 is 3.05 bits per heavy atom. The molecule has 2 unspecified atom stereocenters. The summed E-state index contributed by atoms with van der Waals surface area (Å²) in [5, 5.41) is 9.17. The summed E-state index contributed by atoms with van der Waals surface area (Å²) >= 11 is 0. The number of pyridine rings is 1. The SMILES string of the molecule is Nc1cnc(N2CCOC3CCCCC32)cc1C(=O)O. The van der Waals surface area contributed by atoms with Gasteiger partial charge >= 0.3 is 5.97 Å². The topological polar surface area (TPSA) is 88.7 Å². The highest BCUT2D eigenvalue weighted by Crippen LogP contribution is 2.31. The number of carboxylic acids is 1. The number of carboxylic acid groups (broad SMARTS) is 1. The minimum absolute atomic E-state index is 0.119. The van der Waals surface area contributed by atoms with Gasteiger partial charge < -0.3 is 20.5 Å². The number of fused-ring (bicyclic) bond motifs is 1. The molecule has 20 heavy (non-hydrogen) atoms. The van der Waals surface area contributed by atoms with Gasteiger partial charge in [-0.3, -0.25) is 0 Å². The first-order valence-electron chi connectivity index (χ1n) is 7.04. The van der Waals surface area contributed by atoms with Crippen LogP contribution in [-0.2, 0) is 4.74 Å². The molecule has 2 heterocycles. The molecule has 6 heteroatoms. The van der Waals surface area contributed by atoms with Gasteiger partial charge in [0.25, 0.3) is 0 Å². The van der Waals surface area contributed by atoms with Gasteiger partial charge in [-0.1, -0.05) is 12.8 Å². The average molecular weight is 277 g/mol. The molecule has 1 saturated carbocycles. The summed E-state index contributed by atoms with van der Waals surface area (Å²) in [4.78, 5) is 17.7. The molecule has 1 aliphatic heterocycles. The number of aromatic nitrogens is 1. The second-order valence-electron chi connectivity index (χ2n) is 5.39. The molecule has 108 valence electrons. The van der Waals surface area contributed by atoms with Crippen LogP contribution in [0.1, 0.15) is 36.0 Å². The molecule has 2 atom stereocenters. The van der Waals surface area contributed by atoms with Crippen molar-refractivity contribution in [2.24, 2.45) is 0 Å². The number of hydrogen-bond donors (Lipinski definition) is 2. The van der Waals surface area contributed by atoms with E-state index in [0.717, 1.165) is 19.4 Å². The molecule has 1 aromatic heterocycles. The Hall–Kier alpha value is -1.82. The molecule has 0 amide bonds. The van der Waals surface area contributed by atoms with Crippen LogP contribution >= 0.6 is 0 Å². The number of rotatable bonds is 2. The van der Waals surface area contributed by atoms with Gasteiger partial charge in [-0.05, 0) is 18.9 Å². The van der Waals surface area contributed by atoms with Crippen LogP contribution in [0.25, 0.3) is 0 Å². The van der Waals surface area contributed by atoms with Crippen molar-refractivity contribution in [2.45, 2.75) is 37.8 Å². The Morgan fingerprint density at radius 1 is 1.45 bits per heavy atom. The maximum atomic E-state index is 11.2. The molecule has 0 radical (unpaired) electrons. The number of ether oxygens (including phenoxy) is 1. The first-order valence-corrected chi connectivity index (χ1v) is 7.04. The zero-order valence-corrected chi connectivity index (χ0v) is 11.3. The Kier molecular flexibility index (Phi) is 3.48. The number of hydrogen-bond acceptors (Lipinski definition) is 5. The molecule has 1 aliphatic carbocycles. The monoisotopic (exact) mass is 277 g/mol. The number of nitrogens with two attached hydrogens (primary N) is 1. The highest BCUT2D eigenvalue weighted by molar-refractivity contribution is 5.94. The van der Waals surface area contributed by atoms with Gasteiger partial charge in [0.2, 0.25) is 0 Å². The molecule has 0 spiro atoms. The first kappa shape index (κ1) is 13.2. The average Bonchev–Trinajstić information content (AvgIpc) is 2.47. The zero-order chi connectivity index (χ0) is 14.1. The smallest absolute Gasteiger partial charge is 0.337 e. The molecule has 1 saturated heterocycles. The standard InChI is InChI=1S/C14H19N3O3/c15-10-8-16-13(7-9(10)14(18)19)17-5-6-20-12-4-2-1-3-11(12)17/h7-8,11-12H,1-6,15H2,(H,18,19). The number of carbonyl (C=O) groups is 1. The maximum absolute atomic E-state index is 11.2. The van der Waals surface area contributed by atoms with E-state index in [-0.39, 0.29) is 17.4 Å². The van der Waals surface area contributed by atoms with Gasteiger partial charge in [-0.25, -0.2) is 9.78 Å².